The van der Waals surface area contributed by atoms with Gasteiger partial charge in [-0.2, -0.15) is 0 Å². The lowest BCUT2D eigenvalue weighted by Gasteiger charge is -2.47. The first-order valence-electron chi connectivity index (χ1n) is 20.1. The molecule has 0 bridgehead atoms. The van der Waals surface area contributed by atoms with Crippen molar-refractivity contribution in [3.8, 4) is 0 Å². The molecule has 14 nitrogen and oxygen atoms in total. The van der Waals surface area contributed by atoms with Gasteiger partial charge in [0.25, 0.3) is 0 Å². The van der Waals surface area contributed by atoms with Crippen LogP contribution in [0.15, 0.2) is 36.5 Å². The lowest BCUT2D eigenvalue weighted by Crippen LogP contribution is -2.63. The number of nitrogens with zero attached hydrogens (tertiary/aromatic N) is 3. The van der Waals surface area contributed by atoms with Gasteiger partial charge in [0.2, 0.25) is 0 Å². The van der Waals surface area contributed by atoms with Crippen LogP contribution < -0.4 is 0 Å². The molecule has 314 valence electrons. The van der Waals surface area contributed by atoms with Gasteiger partial charge in [-0.05, 0) is 103 Å². The lowest BCUT2D eigenvalue weighted by molar-refractivity contribution is -0.310. The third kappa shape index (κ3) is 12.7. The second kappa shape index (κ2) is 22.2. The Bertz CT molecular complexity index is 1530. The quantitative estimate of drug-likeness (QED) is 0.211. The van der Waals surface area contributed by atoms with E-state index in [0.717, 1.165) is 42.0 Å². The van der Waals surface area contributed by atoms with E-state index >= 15 is 0 Å². The number of aromatic nitrogens is 1. The number of fused-ring (bicyclic) bond motifs is 1. The molecule has 2 saturated heterocycles. The van der Waals surface area contributed by atoms with Crippen molar-refractivity contribution in [2.75, 3.05) is 41.3 Å². The minimum atomic E-state index is -1.32. The van der Waals surface area contributed by atoms with Crippen LogP contribution in [0.25, 0.3) is 10.9 Å². The van der Waals surface area contributed by atoms with Gasteiger partial charge in [0, 0.05) is 38.1 Å². The number of hydrogen-bond acceptors (Lipinski definition) is 14. The zero-order valence-electron chi connectivity index (χ0n) is 34.2. The number of β-amino-alcohol motifs (C(OH)–C–C–N with tert-alkyl or cyclic N) is 1. The van der Waals surface area contributed by atoms with Crippen LogP contribution >= 0.6 is 0 Å². The lowest BCUT2D eigenvalue weighted by atomic mass is 9.82. The number of cyclic esters (lactones) is 1. The molecular weight excluding hydrogens is 722 g/mol. The van der Waals surface area contributed by atoms with Crippen LogP contribution in [0.5, 0.6) is 0 Å². The van der Waals surface area contributed by atoms with E-state index in [1.807, 2.05) is 49.3 Å². The highest BCUT2D eigenvalue weighted by molar-refractivity contribution is 5.78. The number of hydrogen-bond donors (Lipinski definition) is 3. The first-order chi connectivity index (χ1) is 26.8. The predicted octanol–water partition coefficient (Wildman–Crippen LogP) is 3.30. The average molecular weight is 788 g/mol. The molecule has 3 N–H and O–H groups in total. The molecule has 1 aromatic heterocycles. The van der Waals surface area contributed by atoms with E-state index in [4.69, 9.17) is 23.7 Å². The Kier molecular flexibility index (Phi) is 18.1. The van der Waals surface area contributed by atoms with Gasteiger partial charge in [-0.1, -0.05) is 32.0 Å². The van der Waals surface area contributed by atoms with Gasteiger partial charge in [-0.15, -0.1) is 0 Å². The molecule has 2 aromatic rings. The first kappa shape index (κ1) is 45.6. The summed E-state index contributed by atoms with van der Waals surface area (Å²) in [7, 11) is 6.80. The molecular formula is C42H65N3O11. The number of methoxy groups -OCH3 is 1. The first-order valence-corrected chi connectivity index (χ1v) is 20.1. The van der Waals surface area contributed by atoms with Crippen LogP contribution in [-0.4, -0.2) is 151 Å². The van der Waals surface area contributed by atoms with E-state index in [2.05, 4.69) is 11.1 Å². The molecule has 14 heteroatoms. The number of benzene rings is 1. The molecule has 56 heavy (non-hydrogen) atoms. The highest BCUT2D eigenvalue weighted by atomic mass is 16.7. The minimum absolute atomic E-state index is 0.0246. The number of likely N-dealkylation sites (N-methyl/N-ethyl adjacent to an activating group) is 2. The summed E-state index contributed by atoms with van der Waals surface area (Å²) in [5.74, 6) is -2.10. The van der Waals surface area contributed by atoms with Gasteiger partial charge < -0.3 is 53.6 Å². The third-order valence-electron chi connectivity index (χ3n) is 11.3. The third-order valence-corrected chi connectivity index (χ3v) is 11.3. The van der Waals surface area contributed by atoms with Crippen LogP contribution in [0, 0.1) is 11.8 Å². The van der Waals surface area contributed by atoms with E-state index < -0.39 is 79.0 Å². The monoisotopic (exact) mass is 787 g/mol. The maximum Gasteiger partial charge on any atom is 0.309 e. The van der Waals surface area contributed by atoms with Crippen LogP contribution in [0.4, 0.5) is 0 Å². The van der Waals surface area contributed by atoms with Gasteiger partial charge in [-0.3, -0.25) is 14.6 Å². The number of rotatable bonds is 12. The van der Waals surface area contributed by atoms with Gasteiger partial charge >= 0.3 is 11.9 Å². The molecule has 2 aliphatic heterocycles. The second-order valence-electron chi connectivity index (χ2n) is 15.9. The highest BCUT2D eigenvalue weighted by Crippen LogP contribution is 2.34. The zero-order valence-corrected chi connectivity index (χ0v) is 34.2. The summed E-state index contributed by atoms with van der Waals surface area (Å²) in [4.78, 5) is 47.4. The van der Waals surface area contributed by atoms with Crippen molar-refractivity contribution in [3.63, 3.8) is 0 Å². The Labute approximate surface area is 331 Å². The van der Waals surface area contributed by atoms with Crippen molar-refractivity contribution in [2.24, 2.45) is 11.8 Å². The molecule has 0 radical (unpaired) electrons. The second-order valence-corrected chi connectivity index (χ2v) is 15.9. The van der Waals surface area contributed by atoms with Crippen LogP contribution in [0.2, 0.25) is 0 Å². The number of carbonyl (C=O) groups is 3. The van der Waals surface area contributed by atoms with Crippen molar-refractivity contribution in [3.05, 3.63) is 42.1 Å². The summed E-state index contributed by atoms with van der Waals surface area (Å²) in [6.45, 7) is 6.24. The smallest absolute Gasteiger partial charge is 0.309 e. The summed E-state index contributed by atoms with van der Waals surface area (Å²) >= 11 is 0. The normalized spacial score (nSPS) is 33.2. The van der Waals surface area contributed by atoms with E-state index in [-0.39, 0.29) is 25.2 Å². The Morgan fingerprint density at radius 3 is 2.57 bits per heavy atom. The van der Waals surface area contributed by atoms with E-state index in [1.54, 1.807) is 32.8 Å². The maximum absolute atomic E-state index is 13.9. The van der Waals surface area contributed by atoms with Gasteiger partial charge in [0.15, 0.2) is 6.29 Å². The summed E-state index contributed by atoms with van der Waals surface area (Å²) in [5.41, 5.74) is 2.02. The number of aryl methyl sites for hydroxylation is 1. The average Bonchev–Trinajstić information content (AvgIpc) is 3.15. The fourth-order valence-electron chi connectivity index (χ4n) is 8.07. The predicted molar refractivity (Wildman–Crippen MR) is 210 cm³/mol. The topological polar surface area (TPSA) is 177 Å². The van der Waals surface area contributed by atoms with Gasteiger partial charge in [0.05, 0.1) is 42.4 Å². The summed E-state index contributed by atoms with van der Waals surface area (Å²) in [5, 5.41) is 34.9. The molecule has 0 spiro atoms. The molecule has 1 aromatic carbocycles. The molecule has 4 rings (SSSR count). The fourth-order valence-corrected chi connectivity index (χ4v) is 8.07. The molecule has 0 aliphatic carbocycles. The molecule has 2 aliphatic rings. The van der Waals surface area contributed by atoms with Crippen LogP contribution in [0.3, 0.4) is 0 Å². The summed E-state index contributed by atoms with van der Waals surface area (Å²) in [6.07, 6.45) is -3.00. The summed E-state index contributed by atoms with van der Waals surface area (Å²) < 4.78 is 30.7. The number of esters is 2. The number of ether oxygens (including phenoxy) is 5. The molecule has 0 saturated carbocycles. The Morgan fingerprint density at radius 2 is 1.88 bits per heavy atom. The van der Waals surface area contributed by atoms with Crippen LogP contribution in [0.1, 0.15) is 77.7 Å². The van der Waals surface area contributed by atoms with Gasteiger partial charge in [-0.25, -0.2) is 0 Å². The molecule has 0 amide bonds. The Morgan fingerprint density at radius 1 is 1.12 bits per heavy atom. The maximum atomic E-state index is 13.9. The van der Waals surface area contributed by atoms with Crippen molar-refractivity contribution >= 4 is 29.1 Å². The van der Waals surface area contributed by atoms with Crippen molar-refractivity contribution in [1.82, 2.24) is 14.8 Å². The molecule has 3 heterocycles. The van der Waals surface area contributed by atoms with Crippen LogP contribution in [-0.2, 0) is 44.5 Å². The summed E-state index contributed by atoms with van der Waals surface area (Å²) in [6, 6.07) is 9.33. The Hall–Kier alpha value is -3.08. The molecule has 3 unspecified atom stereocenters. The number of aldehydes is 1. The SMILES string of the molecule is CCC(=O)O[C@@H]1CC(=O)O[C@@H](CCCc2cnc3ccccc3c2)CCCN(C)C[C@H](O)[C@H](C)C[C@H](CC=O)[C@H](O[C@@H]2OC(C)[C@@H](O)C(N(C)C)C2O)[C@H]1OC. The zero-order chi connectivity index (χ0) is 40.9. The number of aliphatic hydroxyl groups is 3. The molecule has 12 atom stereocenters. The van der Waals surface area contributed by atoms with E-state index in [0.29, 0.717) is 32.4 Å². The number of carbonyl (C=O) groups excluding carboxylic acids is 3. The number of pyridine rings is 1. The van der Waals surface area contributed by atoms with Crippen molar-refractivity contribution < 1.29 is 53.4 Å². The number of para-hydroxylation sites is 1. The highest BCUT2D eigenvalue weighted by Gasteiger charge is 2.48. The minimum Gasteiger partial charge on any atom is -0.462 e. The van der Waals surface area contributed by atoms with E-state index in [1.165, 1.54) is 7.11 Å². The fraction of sp³-hybridized carbons (Fsp3) is 0.714. The standard InChI is InChI=1S/C42H65N3O11/c1-8-35(48)55-34-23-36(49)54-31(15-11-13-28-22-29-14-9-10-17-32(29)43-24-28)16-12-19-45(6)25-33(47)26(2)21-30(18-20-46)40(41(34)52-7)56-42-39(51)37(44(4)5)38(50)27(3)53-42/h9-10,14,17,20,22,24,26-27,30-31,33-34,37-42,47,50-51H,8,11-13,15-16,18-19,21,23,25H2,1-7H3/t26-,27?,30+,31+,33+,34-,37?,38-,39?,40+,41+,42+/m1/s1. The molecule has 2 fully saturated rings. The van der Waals surface area contributed by atoms with E-state index in [9.17, 15) is 29.7 Å². The number of aliphatic hydroxyl groups excluding tert-OH is 3. The van der Waals surface area contributed by atoms with Crippen molar-refractivity contribution in [2.45, 2.75) is 140 Å². The largest absolute Gasteiger partial charge is 0.462 e. The Balaban J connectivity index is 1.66. The van der Waals surface area contributed by atoms with Gasteiger partial charge in [0.1, 0.15) is 30.7 Å². The van der Waals surface area contributed by atoms with Crippen molar-refractivity contribution in [1.29, 1.82) is 0 Å².